The predicted molar refractivity (Wildman–Crippen MR) is 92.6 cm³/mol. The Morgan fingerprint density at radius 2 is 1.96 bits per heavy atom. The molecule has 0 spiro atoms. The first-order valence-electron chi connectivity index (χ1n) is 7.97. The average Bonchev–Trinajstić information content (AvgIpc) is 2.63. The van der Waals surface area contributed by atoms with E-state index in [4.69, 9.17) is 0 Å². The van der Waals surface area contributed by atoms with Crippen LogP contribution >= 0.6 is 0 Å². The number of piperidine rings is 1. The van der Waals surface area contributed by atoms with Crippen LogP contribution in [0.15, 0.2) is 53.6 Å². The molecule has 2 N–H and O–H groups in total. The van der Waals surface area contributed by atoms with Gasteiger partial charge in [-0.05, 0) is 49.2 Å². The van der Waals surface area contributed by atoms with Crippen molar-refractivity contribution in [1.82, 2.24) is 9.29 Å². The molecule has 2 heterocycles. The molecular formula is C17H19N3O4S. The van der Waals surface area contributed by atoms with Gasteiger partial charge in [-0.1, -0.05) is 6.07 Å². The summed E-state index contributed by atoms with van der Waals surface area (Å²) in [6.45, 7) is 0.512. The van der Waals surface area contributed by atoms with Crippen LogP contribution in [0.3, 0.4) is 0 Å². The summed E-state index contributed by atoms with van der Waals surface area (Å²) in [5, 5.41) is 12.4. The van der Waals surface area contributed by atoms with E-state index in [1.807, 2.05) is 0 Å². The molecule has 132 valence electrons. The third-order valence-electron chi connectivity index (χ3n) is 4.01. The Balaban J connectivity index is 1.72. The molecule has 3 rings (SSSR count). The number of nitrogens with one attached hydrogen (secondary N) is 1. The van der Waals surface area contributed by atoms with Gasteiger partial charge in [-0.2, -0.15) is 4.31 Å². The second-order valence-electron chi connectivity index (χ2n) is 5.85. The highest BCUT2D eigenvalue weighted by Crippen LogP contribution is 2.22. The van der Waals surface area contributed by atoms with Gasteiger partial charge in [0.05, 0.1) is 11.0 Å². The Kier molecular flexibility index (Phi) is 5.12. The maximum Gasteiger partial charge on any atom is 0.274 e. The predicted octanol–water partition coefficient (Wildman–Crippen LogP) is 1.48. The lowest BCUT2D eigenvalue weighted by molar-refractivity contribution is 0.102. The molecule has 7 nitrogen and oxygen atoms in total. The number of aromatic nitrogens is 1. The van der Waals surface area contributed by atoms with Crippen molar-refractivity contribution in [3.05, 3.63) is 54.4 Å². The second-order valence-corrected chi connectivity index (χ2v) is 7.79. The smallest absolute Gasteiger partial charge is 0.274 e. The quantitative estimate of drug-likeness (QED) is 0.859. The molecule has 1 aliphatic rings. The number of pyridine rings is 1. The average molecular weight is 361 g/mol. The van der Waals surface area contributed by atoms with Gasteiger partial charge in [0.1, 0.15) is 5.69 Å². The number of hydrogen-bond donors (Lipinski definition) is 2. The molecule has 1 saturated heterocycles. The highest BCUT2D eigenvalue weighted by molar-refractivity contribution is 7.89. The van der Waals surface area contributed by atoms with E-state index in [0.717, 1.165) is 0 Å². The fourth-order valence-corrected chi connectivity index (χ4v) is 4.21. The van der Waals surface area contributed by atoms with Gasteiger partial charge in [0.25, 0.3) is 5.91 Å². The molecule has 1 aromatic heterocycles. The number of carbonyl (C=O) groups excluding carboxylic acids is 1. The minimum Gasteiger partial charge on any atom is -0.392 e. The van der Waals surface area contributed by atoms with E-state index in [9.17, 15) is 18.3 Å². The van der Waals surface area contributed by atoms with E-state index in [2.05, 4.69) is 10.3 Å². The number of anilines is 1. The van der Waals surface area contributed by atoms with Crippen molar-refractivity contribution < 1.29 is 18.3 Å². The number of sulfonamides is 1. The summed E-state index contributed by atoms with van der Waals surface area (Å²) < 4.78 is 26.5. The van der Waals surface area contributed by atoms with Crippen molar-refractivity contribution in [2.45, 2.75) is 23.8 Å². The molecule has 1 aromatic carbocycles. The van der Waals surface area contributed by atoms with Gasteiger partial charge in [0.2, 0.25) is 10.0 Å². The molecule has 1 aliphatic heterocycles. The van der Waals surface area contributed by atoms with Crippen LogP contribution in [0.25, 0.3) is 0 Å². The van der Waals surface area contributed by atoms with Gasteiger partial charge >= 0.3 is 0 Å². The van der Waals surface area contributed by atoms with Gasteiger partial charge in [0.15, 0.2) is 0 Å². The zero-order chi connectivity index (χ0) is 17.9. The third-order valence-corrected chi connectivity index (χ3v) is 5.89. The number of aliphatic hydroxyl groups is 1. The minimum atomic E-state index is -3.64. The topological polar surface area (TPSA) is 99.6 Å². The van der Waals surface area contributed by atoms with Crippen LogP contribution in [0.5, 0.6) is 0 Å². The third kappa shape index (κ3) is 4.04. The van der Waals surface area contributed by atoms with Crippen LogP contribution in [0.2, 0.25) is 0 Å². The maximum atomic E-state index is 12.6. The van der Waals surface area contributed by atoms with E-state index >= 15 is 0 Å². The largest absolute Gasteiger partial charge is 0.392 e. The summed E-state index contributed by atoms with van der Waals surface area (Å²) in [5.74, 6) is -0.365. The van der Waals surface area contributed by atoms with E-state index in [1.54, 1.807) is 18.2 Å². The number of benzene rings is 1. The van der Waals surface area contributed by atoms with Crippen LogP contribution in [-0.2, 0) is 10.0 Å². The van der Waals surface area contributed by atoms with Crippen molar-refractivity contribution in [3.8, 4) is 0 Å². The highest BCUT2D eigenvalue weighted by atomic mass is 32.2. The summed E-state index contributed by atoms with van der Waals surface area (Å²) in [7, 11) is -3.64. The van der Waals surface area contributed by atoms with Gasteiger partial charge in [-0.25, -0.2) is 8.42 Å². The highest BCUT2D eigenvalue weighted by Gasteiger charge is 2.29. The van der Waals surface area contributed by atoms with Crippen molar-refractivity contribution in [3.63, 3.8) is 0 Å². The van der Waals surface area contributed by atoms with Crippen molar-refractivity contribution in [2.24, 2.45) is 0 Å². The zero-order valence-electron chi connectivity index (χ0n) is 13.5. The SMILES string of the molecule is O=C(Nc1ccc(S(=O)(=O)N2CCCC(O)C2)cc1)c1ccccn1. The Labute approximate surface area is 146 Å². The summed E-state index contributed by atoms with van der Waals surface area (Å²) in [6.07, 6.45) is 2.15. The Morgan fingerprint density at radius 3 is 2.60 bits per heavy atom. The fraction of sp³-hybridized carbons (Fsp3) is 0.294. The number of rotatable bonds is 4. The number of aliphatic hydroxyl groups excluding tert-OH is 1. The zero-order valence-corrected chi connectivity index (χ0v) is 14.3. The fourth-order valence-electron chi connectivity index (χ4n) is 2.69. The number of nitrogens with zero attached hydrogens (tertiary/aromatic N) is 2. The summed E-state index contributed by atoms with van der Waals surface area (Å²) in [5.41, 5.74) is 0.759. The standard InChI is InChI=1S/C17H19N3O4S/c21-14-4-3-11-20(12-14)25(23,24)15-8-6-13(7-9-15)19-17(22)16-5-1-2-10-18-16/h1-2,5-10,14,21H,3-4,11-12H2,(H,19,22). The molecule has 0 saturated carbocycles. The second kappa shape index (κ2) is 7.30. The summed E-state index contributed by atoms with van der Waals surface area (Å²) in [6, 6.07) is 11.0. The number of amides is 1. The number of carbonyl (C=O) groups is 1. The first-order chi connectivity index (χ1) is 12.0. The summed E-state index contributed by atoms with van der Waals surface area (Å²) >= 11 is 0. The molecule has 25 heavy (non-hydrogen) atoms. The van der Waals surface area contributed by atoms with Crippen LogP contribution in [0.1, 0.15) is 23.3 Å². The monoisotopic (exact) mass is 361 g/mol. The van der Waals surface area contributed by atoms with E-state index in [1.165, 1.54) is 34.8 Å². The lowest BCUT2D eigenvalue weighted by atomic mass is 10.1. The molecule has 0 aliphatic carbocycles. The molecular weight excluding hydrogens is 342 g/mol. The normalized spacial score (nSPS) is 18.7. The lowest BCUT2D eigenvalue weighted by Crippen LogP contribution is -2.42. The first-order valence-corrected chi connectivity index (χ1v) is 9.41. The minimum absolute atomic E-state index is 0.112. The maximum absolute atomic E-state index is 12.6. The van der Waals surface area contributed by atoms with E-state index in [-0.39, 0.29) is 23.0 Å². The molecule has 1 atom stereocenters. The van der Waals surface area contributed by atoms with Crippen LogP contribution in [-0.4, -0.2) is 47.9 Å². The molecule has 0 radical (unpaired) electrons. The van der Waals surface area contributed by atoms with Crippen LogP contribution in [0.4, 0.5) is 5.69 Å². The van der Waals surface area contributed by atoms with Gasteiger partial charge in [0, 0.05) is 25.0 Å². The molecule has 0 bridgehead atoms. The molecule has 8 heteroatoms. The van der Waals surface area contributed by atoms with E-state index < -0.39 is 16.1 Å². The Hall–Kier alpha value is -2.29. The van der Waals surface area contributed by atoms with Crippen molar-refractivity contribution >= 4 is 21.6 Å². The van der Waals surface area contributed by atoms with Gasteiger partial charge in [-0.15, -0.1) is 0 Å². The number of β-amino-alcohol motifs (C(OH)–C–C–N with tert-alkyl or cyclic N) is 1. The molecule has 2 aromatic rings. The van der Waals surface area contributed by atoms with E-state index in [0.29, 0.717) is 25.1 Å². The van der Waals surface area contributed by atoms with Crippen LogP contribution in [0, 0.1) is 0 Å². The Bertz CT molecular complexity index is 838. The van der Waals surface area contributed by atoms with Gasteiger partial charge < -0.3 is 10.4 Å². The van der Waals surface area contributed by atoms with Crippen molar-refractivity contribution in [2.75, 3.05) is 18.4 Å². The lowest BCUT2D eigenvalue weighted by Gasteiger charge is -2.29. The number of hydrogen-bond acceptors (Lipinski definition) is 5. The molecule has 1 amide bonds. The van der Waals surface area contributed by atoms with Gasteiger partial charge in [-0.3, -0.25) is 9.78 Å². The first kappa shape index (κ1) is 17.5. The molecule has 1 fully saturated rings. The molecule has 1 unspecified atom stereocenters. The Morgan fingerprint density at radius 1 is 1.20 bits per heavy atom. The summed E-state index contributed by atoms with van der Waals surface area (Å²) in [4.78, 5) is 16.1. The van der Waals surface area contributed by atoms with Crippen molar-refractivity contribution in [1.29, 1.82) is 0 Å². The van der Waals surface area contributed by atoms with Crippen LogP contribution < -0.4 is 5.32 Å².